The number of fused-ring (bicyclic) bond motifs is 1. The Balaban J connectivity index is 1.48. The zero-order valence-corrected chi connectivity index (χ0v) is 14.8. The lowest BCUT2D eigenvalue weighted by atomic mass is 10.0. The quantitative estimate of drug-likeness (QED) is 0.682. The summed E-state index contributed by atoms with van der Waals surface area (Å²) in [6.07, 6.45) is 7.01. The van der Waals surface area contributed by atoms with Crippen molar-refractivity contribution in [3.8, 4) is 11.5 Å². The summed E-state index contributed by atoms with van der Waals surface area (Å²) in [6, 6.07) is 5.91. The Kier molecular flexibility index (Phi) is 6.13. The van der Waals surface area contributed by atoms with Gasteiger partial charge in [-0.3, -0.25) is 4.79 Å². The molecular weight excluding hydrogens is 302 g/mol. The third kappa shape index (κ3) is 4.50. The number of rotatable bonds is 8. The fourth-order valence-electron chi connectivity index (χ4n) is 3.44. The number of likely N-dealkylation sites (tertiary alicyclic amines) is 1. The maximum Gasteiger partial charge on any atom is 0.174 e. The molecule has 132 valence electrons. The second-order valence-electron chi connectivity index (χ2n) is 6.90. The van der Waals surface area contributed by atoms with E-state index in [-0.39, 0.29) is 11.9 Å². The molecule has 1 fully saturated rings. The van der Waals surface area contributed by atoms with Crippen molar-refractivity contribution in [2.75, 3.05) is 26.2 Å². The van der Waals surface area contributed by atoms with Crippen molar-refractivity contribution < 1.29 is 14.3 Å². The van der Waals surface area contributed by atoms with Gasteiger partial charge in [-0.25, -0.2) is 0 Å². The van der Waals surface area contributed by atoms with Crippen LogP contribution in [0.15, 0.2) is 18.2 Å². The van der Waals surface area contributed by atoms with E-state index in [1.165, 1.54) is 19.3 Å². The van der Waals surface area contributed by atoms with Crippen LogP contribution in [-0.4, -0.2) is 43.0 Å². The highest BCUT2D eigenvalue weighted by Gasteiger charge is 2.29. The second kappa shape index (κ2) is 8.52. The van der Waals surface area contributed by atoms with Crippen LogP contribution in [0.5, 0.6) is 11.5 Å². The van der Waals surface area contributed by atoms with E-state index in [1.54, 1.807) is 0 Å². The number of carbonyl (C=O) groups is 1. The van der Waals surface area contributed by atoms with Gasteiger partial charge in [-0.2, -0.15) is 0 Å². The Morgan fingerprint density at radius 2 is 2.12 bits per heavy atom. The minimum absolute atomic E-state index is 0.227. The van der Waals surface area contributed by atoms with Crippen LogP contribution < -0.4 is 9.47 Å². The summed E-state index contributed by atoms with van der Waals surface area (Å²) in [5.74, 6) is 1.95. The third-order valence-corrected chi connectivity index (χ3v) is 4.96. The van der Waals surface area contributed by atoms with Crippen molar-refractivity contribution in [1.29, 1.82) is 0 Å². The van der Waals surface area contributed by atoms with Crippen LogP contribution in [0.1, 0.15) is 51.0 Å². The van der Waals surface area contributed by atoms with E-state index in [0.29, 0.717) is 12.8 Å². The van der Waals surface area contributed by atoms with E-state index in [0.717, 1.165) is 56.1 Å². The maximum absolute atomic E-state index is 12.5. The van der Waals surface area contributed by atoms with E-state index in [2.05, 4.69) is 11.8 Å². The molecule has 0 N–H and O–H groups in total. The van der Waals surface area contributed by atoms with Crippen molar-refractivity contribution in [3.05, 3.63) is 23.8 Å². The molecule has 1 unspecified atom stereocenters. The molecule has 3 rings (SSSR count). The molecular formula is C20H29NO3. The van der Waals surface area contributed by atoms with Gasteiger partial charge in [0.05, 0.1) is 6.61 Å². The SMILES string of the molecule is CCCCOc1ccc2c(c1)CC(C(=O)CCN1CCCCC1)O2. The molecule has 0 spiro atoms. The number of nitrogens with zero attached hydrogens (tertiary/aromatic N) is 1. The van der Waals surface area contributed by atoms with Crippen molar-refractivity contribution in [2.45, 2.75) is 58.0 Å². The third-order valence-electron chi connectivity index (χ3n) is 4.96. The molecule has 1 aromatic carbocycles. The van der Waals surface area contributed by atoms with Gasteiger partial charge in [0.25, 0.3) is 0 Å². The Labute approximate surface area is 145 Å². The number of piperidine rings is 1. The Bertz CT molecular complexity index is 552. The number of ketones is 1. The molecule has 1 atom stereocenters. The summed E-state index contributed by atoms with van der Waals surface area (Å²) < 4.78 is 11.6. The smallest absolute Gasteiger partial charge is 0.174 e. The van der Waals surface area contributed by atoms with Gasteiger partial charge in [-0.1, -0.05) is 19.8 Å². The van der Waals surface area contributed by atoms with Crippen molar-refractivity contribution in [3.63, 3.8) is 0 Å². The normalized spacial score (nSPS) is 20.5. The van der Waals surface area contributed by atoms with Crippen molar-refractivity contribution in [1.82, 2.24) is 4.90 Å². The van der Waals surface area contributed by atoms with E-state index >= 15 is 0 Å². The number of Topliss-reactive ketones (excluding diaryl/α,β-unsaturated/α-hetero) is 1. The molecule has 0 bridgehead atoms. The lowest BCUT2D eigenvalue weighted by Crippen LogP contribution is -2.34. The van der Waals surface area contributed by atoms with Crippen LogP contribution >= 0.6 is 0 Å². The summed E-state index contributed by atoms with van der Waals surface area (Å²) in [6.45, 7) is 6.05. The standard InChI is InChI=1S/C20H29NO3/c1-2-3-13-23-17-7-8-19-16(14-17)15-20(24-19)18(22)9-12-21-10-5-4-6-11-21/h7-8,14,20H,2-6,9-13,15H2,1H3. The first kappa shape index (κ1) is 17.3. The van der Waals surface area contributed by atoms with Crippen LogP contribution in [0, 0.1) is 0 Å². The number of benzene rings is 1. The highest BCUT2D eigenvalue weighted by molar-refractivity contribution is 5.84. The summed E-state index contributed by atoms with van der Waals surface area (Å²) in [4.78, 5) is 14.9. The summed E-state index contributed by atoms with van der Waals surface area (Å²) in [5, 5.41) is 0. The predicted octanol–water partition coefficient (Wildman–Crippen LogP) is 3.61. The average molecular weight is 331 g/mol. The molecule has 1 saturated heterocycles. The number of ether oxygens (including phenoxy) is 2. The number of hydrogen-bond acceptors (Lipinski definition) is 4. The zero-order valence-electron chi connectivity index (χ0n) is 14.8. The molecule has 4 nitrogen and oxygen atoms in total. The van der Waals surface area contributed by atoms with Gasteiger partial charge >= 0.3 is 0 Å². The predicted molar refractivity (Wildman–Crippen MR) is 94.9 cm³/mol. The molecule has 0 aliphatic carbocycles. The summed E-state index contributed by atoms with van der Waals surface area (Å²) in [7, 11) is 0. The molecule has 0 radical (unpaired) electrons. The molecule has 24 heavy (non-hydrogen) atoms. The van der Waals surface area contributed by atoms with Crippen LogP contribution in [0.2, 0.25) is 0 Å². The lowest BCUT2D eigenvalue weighted by Gasteiger charge is -2.26. The summed E-state index contributed by atoms with van der Waals surface area (Å²) in [5.41, 5.74) is 1.10. The van der Waals surface area contributed by atoms with Gasteiger partial charge in [-0.05, 0) is 50.6 Å². The fraction of sp³-hybridized carbons (Fsp3) is 0.650. The van der Waals surface area contributed by atoms with Crippen LogP contribution in [0.4, 0.5) is 0 Å². The van der Waals surface area contributed by atoms with Gasteiger partial charge in [0.2, 0.25) is 0 Å². The Hall–Kier alpha value is -1.55. The number of carbonyl (C=O) groups excluding carboxylic acids is 1. The lowest BCUT2D eigenvalue weighted by molar-refractivity contribution is -0.125. The molecule has 2 aliphatic rings. The molecule has 1 aromatic rings. The topological polar surface area (TPSA) is 38.8 Å². The second-order valence-corrected chi connectivity index (χ2v) is 6.90. The highest BCUT2D eigenvalue weighted by Crippen LogP contribution is 2.32. The summed E-state index contributed by atoms with van der Waals surface area (Å²) >= 11 is 0. The van der Waals surface area contributed by atoms with Gasteiger partial charge < -0.3 is 14.4 Å². The van der Waals surface area contributed by atoms with E-state index in [9.17, 15) is 4.79 Å². The number of hydrogen-bond donors (Lipinski definition) is 0. The molecule has 0 amide bonds. The van der Waals surface area contributed by atoms with Crippen LogP contribution in [0.3, 0.4) is 0 Å². The van der Waals surface area contributed by atoms with Gasteiger partial charge in [0.15, 0.2) is 11.9 Å². The first-order valence-electron chi connectivity index (χ1n) is 9.43. The van der Waals surface area contributed by atoms with E-state index < -0.39 is 0 Å². The molecule has 0 saturated carbocycles. The largest absolute Gasteiger partial charge is 0.494 e. The van der Waals surface area contributed by atoms with E-state index in [4.69, 9.17) is 9.47 Å². The van der Waals surface area contributed by atoms with Crippen LogP contribution in [0.25, 0.3) is 0 Å². The Morgan fingerprint density at radius 3 is 2.92 bits per heavy atom. The van der Waals surface area contributed by atoms with Crippen molar-refractivity contribution >= 4 is 5.78 Å². The van der Waals surface area contributed by atoms with Gasteiger partial charge in [0, 0.05) is 24.9 Å². The molecule has 4 heteroatoms. The zero-order chi connectivity index (χ0) is 16.8. The minimum Gasteiger partial charge on any atom is -0.494 e. The number of unbranched alkanes of at least 4 members (excludes halogenated alkanes) is 1. The maximum atomic E-state index is 12.5. The van der Waals surface area contributed by atoms with Crippen LogP contribution in [-0.2, 0) is 11.2 Å². The highest BCUT2D eigenvalue weighted by atomic mass is 16.5. The van der Waals surface area contributed by atoms with Crippen molar-refractivity contribution in [2.24, 2.45) is 0 Å². The van der Waals surface area contributed by atoms with Gasteiger partial charge in [0.1, 0.15) is 11.5 Å². The molecule has 0 aromatic heterocycles. The first-order chi connectivity index (χ1) is 11.8. The molecule has 2 aliphatic heterocycles. The monoisotopic (exact) mass is 331 g/mol. The Morgan fingerprint density at radius 1 is 1.29 bits per heavy atom. The fourth-order valence-corrected chi connectivity index (χ4v) is 3.44. The minimum atomic E-state index is -0.310. The molecule has 2 heterocycles. The first-order valence-corrected chi connectivity index (χ1v) is 9.43. The average Bonchev–Trinajstić information content (AvgIpc) is 3.04. The van der Waals surface area contributed by atoms with E-state index in [1.807, 2.05) is 18.2 Å². The van der Waals surface area contributed by atoms with Gasteiger partial charge in [-0.15, -0.1) is 0 Å².